The van der Waals surface area contributed by atoms with E-state index in [4.69, 9.17) is 0 Å². The summed E-state index contributed by atoms with van der Waals surface area (Å²) >= 11 is 0. The fraction of sp³-hybridized carbons (Fsp3) is 0.867. The molecule has 4 heteroatoms. The largest absolute Gasteiger partial charge is 0.350 e. The van der Waals surface area contributed by atoms with Crippen LogP contribution in [0.3, 0.4) is 0 Å². The third-order valence-electron chi connectivity index (χ3n) is 5.03. The summed E-state index contributed by atoms with van der Waals surface area (Å²) in [5.41, 5.74) is -0.831. The monoisotopic (exact) mass is 263 g/mol. The molecule has 0 saturated carbocycles. The van der Waals surface area contributed by atoms with Gasteiger partial charge in [-0.1, -0.05) is 20.3 Å². The highest BCUT2D eigenvalue weighted by molar-refractivity contribution is 5.85. The quantitative estimate of drug-likeness (QED) is 0.844. The van der Waals surface area contributed by atoms with Crippen molar-refractivity contribution in [1.82, 2.24) is 10.2 Å². The highest BCUT2D eigenvalue weighted by Gasteiger charge is 2.41. The van der Waals surface area contributed by atoms with E-state index < -0.39 is 5.41 Å². The zero-order valence-corrected chi connectivity index (χ0v) is 12.1. The van der Waals surface area contributed by atoms with E-state index in [2.05, 4.69) is 16.3 Å². The van der Waals surface area contributed by atoms with Crippen molar-refractivity contribution < 1.29 is 4.79 Å². The number of carbonyl (C=O) groups is 1. The van der Waals surface area contributed by atoms with Gasteiger partial charge in [-0.3, -0.25) is 9.69 Å². The average molecular weight is 263 g/mol. The fourth-order valence-corrected chi connectivity index (χ4v) is 3.50. The predicted octanol–water partition coefficient (Wildman–Crippen LogP) is 2.06. The van der Waals surface area contributed by atoms with Crippen molar-refractivity contribution in [3.63, 3.8) is 0 Å². The van der Waals surface area contributed by atoms with Crippen molar-refractivity contribution in [2.24, 2.45) is 5.41 Å². The molecule has 2 rings (SSSR count). The van der Waals surface area contributed by atoms with Gasteiger partial charge in [-0.05, 0) is 38.6 Å². The summed E-state index contributed by atoms with van der Waals surface area (Å²) in [6.07, 6.45) is 5.94. The summed E-state index contributed by atoms with van der Waals surface area (Å²) in [4.78, 5) is 14.9. The number of piperidine rings is 1. The number of nitrogens with one attached hydrogen (secondary N) is 1. The molecule has 1 N–H and O–H groups in total. The Morgan fingerprint density at radius 3 is 2.68 bits per heavy atom. The van der Waals surface area contributed by atoms with Crippen LogP contribution in [0.1, 0.15) is 52.4 Å². The lowest BCUT2D eigenvalue weighted by Gasteiger charge is -2.34. The Balaban J connectivity index is 2.01. The summed E-state index contributed by atoms with van der Waals surface area (Å²) in [6.45, 7) is 6.11. The zero-order chi connectivity index (χ0) is 13.9. The molecule has 2 unspecified atom stereocenters. The molecule has 0 aromatic carbocycles. The minimum atomic E-state index is -0.831. The number of hydrogen-bond acceptors (Lipinski definition) is 3. The van der Waals surface area contributed by atoms with Gasteiger partial charge in [-0.2, -0.15) is 5.26 Å². The zero-order valence-electron chi connectivity index (χ0n) is 12.1. The Hall–Kier alpha value is -1.08. The maximum Gasteiger partial charge on any atom is 0.240 e. The lowest BCUT2D eigenvalue weighted by atomic mass is 9.82. The molecule has 2 aliphatic heterocycles. The van der Waals surface area contributed by atoms with Crippen LogP contribution < -0.4 is 5.32 Å². The Kier molecular flexibility index (Phi) is 4.46. The molecule has 0 aromatic heterocycles. The van der Waals surface area contributed by atoms with E-state index in [-0.39, 0.29) is 11.9 Å². The molecule has 0 aromatic rings. The molecule has 19 heavy (non-hydrogen) atoms. The summed E-state index contributed by atoms with van der Waals surface area (Å²) in [5, 5.41) is 12.5. The fourth-order valence-electron chi connectivity index (χ4n) is 3.50. The summed E-state index contributed by atoms with van der Waals surface area (Å²) in [6, 6.07) is 2.99. The van der Waals surface area contributed by atoms with Crippen molar-refractivity contribution in [3.8, 4) is 6.07 Å². The van der Waals surface area contributed by atoms with Crippen molar-refractivity contribution in [2.75, 3.05) is 13.1 Å². The average Bonchev–Trinajstić information content (AvgIpc) is 2.85. The Morgan fingerprint density at radius 1 is 1.32 bits per heavy atom. The molecule has 1 amide bonds. The number of carbonyl (C=O) groups excluding carboxylic acids is 1. The second-order valence-corrected chi connectivity index (χ2v) is 5.87. The lowest BCUT2D eigenvalue weighted by molar-refractivity contribution is -0.129. The molecule has 2 fully saturated rings. The smallest absolute Gasteiger partial charge is 0.240 e. The van der Waals surface area contributed by atoms with Gasteiger partial charge >= 0.3 is 0 Å². The number of hydrogen-bond donors (Lipinski definition) is 1. The summed E-state index contributed by atoms with van der Waals surface area (Å²) in [5.74, 6) is -0.0579. The van der Waals surface area contributed by atoms with Gasteiger partial charge < -0.3 is 5.32 Å². The van der Waals surface area contributed by atoms with E-state index in [0.717, 1.165) is 13.0 Å². The van der Waals surface area contributed by atoms with Crippen molar-refractivity contribution in [1.29, 1.82) is 5.26 Å². The van der Waals surface area contributed by atoms with Gasteiger partial charge in [-0.15, -0.1) is 0 Å². The van der Waals surface area contributed by atoms with Crippen LogP contribution in [-0.4, -0.2) is 36.0 Å². The van der Waals surface area contributed by atoms with Gasteiger partial charge in [0.05, 0.1) is 6.07 Å². The number of rotatable bonds is 4. The van der Waals surface area contributed by atoms with Crippen LogP contribution in [0.4, 0.5) is 0 Å². The molecule has 4 nitrogen and oxygen atoms in total. The van der Waals surface area contributed by atoms with Gasteiger partial charge in [0.15, 0.2) is 0 Å². The lowest BCUT2D eigenvalue weighted by Crippen LogP contribution is -2.50. The van der Waals surface area contributed by atoms with Crippen LogP contribution in [0.25, 0.3) is 0 Å². The molecule has 2 heterocycles. The van der Waals surface area contributed by atoms with E-state index >= 15 is 0 Å². The molecule has 0 aliphatic carbocycles. The van der Waals surface area contributed by atoms with E-state index in [0.29, 0.717) is 18.9 Å². The highest BCUT2D eigenvalue weighted by atomic mass is 16.2. The Labute approximate surface area is 116 Å². The van der Waals surface area contributed by atoms with Crippen LogP contribution in [0.2, 0.25) is 0 Å². The van der Waals surface area contributed by atoms with Gasteiger partial charge in [0.1, 0.15) is 5.41 Å². The minimum Gasteiger partial charge on any atom is -0.350 e. The second-order valence-electron chi connectivity index (χ2n) is 5.87. The van der Waals surface area contributed by atoms with E-state index in [1.165, 1.54) is 25.8 Å². The maximum absolute atomic E-state index is 12.4. The highest BCUT2D eigenvalue weighted by Crippen LogP contribution is 2.30. The third-order valence-corrected chi connectivity index (χ3v) is 5.03. The van der Waals surface area contributed by atoms with Gasteiger partial charge in [0.25, 0.3) is 0 Å². The van der Waals surface area contributed by atoms with Crippen LogP contribution in [-0.2, 0) is 4.79 Å². The van der Waals surface area contributed by atoms with E-state index in [1.807, 2.05) is 13.8 Å². The van der Waals surface area contributed by atoms with Crippen molar-refractivity contribution >= 4 is 5.91 Å². The normalized spacial score (nSPS) is 27.6. The Morgan fingerprint density at radius 2 is 2.05 bits per heavy atom. The molecular formula is C15H25N3O. The SMILES string of the molecule is CCC(C#N)(CC)C(=O)NC1CCN2CCCCC12. The van der Waals surface area contributed by atoms with E-state index in [9.17, 15) is 10.1 Å². The maximum atomic E-state index is 12.4. The van der Waals surface area contributed by atoms with Gasteiger partial charge in [-0.25, -0.2) is 0 Å². The van der Waals surface area contributed by atoms with Crippen LogP contribution in [0, 0.1) is 16.7 Å². The second kappa shape index (κ2) is 5.92. The molecule has 0 spiro atoms. The third kappa shape index (κ3) is 2.62. The van der Waals surface area contributed by atoms with Gasteiger partial charge in [0.2, 0.25) is 5.91 Å². The molecule has 2 saturated heterocycles. The number of nitriles is 1. The van der Waals surface area contributed by atoms with Crippen LogP contribution in [0.5, 0.6) is 0 Å². The first-order valence-electron chi connectivity index (χ1n) is 7.63. The topological polar surface area (TPSA) is 56.1 Å². The number of amides is 1. The first-order chi connectivity index (χ1) is 9.16. The molecule has 0 bridgehead atoms. The molecule has 2 aliphatic rings. The first-order valence-corrected chi connectivity index (χ1v) is 7.63. The molecule has 106 valence electrons. The van der Waals surface area contributed by atoms with E-state index in [1.54, 1.807) is 0 Å². The molecule has 2 atom stereocenters. The van der Waals surface area contributed by atoms with Crippen molar-refractivity contribution in [3.05, 3.63) is 0 Å². The van der Waals surface area contributed by atoms with Crippen molar-refractivity contribution in [2.45, 2.75) is 64.5 Å². The number of nitrogens with zero attached hydrogens (tertiary/aromatic N) is 2. The number of fused-ring (bicyclic) bond motifs is 1. The molecule has 0 radical (unpaired) electrons. The van der Waals surface area contributed by atoms with Crippen LogP contribution >= 0.6 is 0 Å². The minimum absolute atomic E-state index is 0.0579. The first kappa shape index (κ1) is 14.3. The van der Waals surface area contributed by atoms with Gasteiger partial charge in [0, 0.05) is 18.6 Å². The van der Waals surface area contributed by atoms with Crippen LogP contribution in [0.15, 0.2) is 0 Å². The predicted molar refractivity (Wildman–Crippen MR) is 74.4 cm³/mol. The summed E-state index contributed by atoms with van der Waals surface area (Å²) < 4.78 is 0. The Bertz CT molecular complexity index is 370. The molecular weight excluding hydrogens is 238 g/mol. The standard InChI is InChI=1S/C15H25N3O/c1-3-15(4-2,11-16)14(19)17-12-8-10-18-9-6-5-7-13(12)18/h12-13H,3-10H2,1-2H3,(H,17,19). The summed E-state index contributed by atoms with van der Waals surface area (Å²) in [7, 11) is 0.